The Bertz CT molecular complexity index is 617. The molecule has 5 nitrogen and oxygen atoms in total. The largest absolute Gasteiger partial charge is 0.497 e. The van der Waals surface area contributed by atoms with Gasteiger partial charge < -0.3 is 14.5 Å². The van der Waals surface area contributed by atoms with Crippen LogP contribution in [-0.2, 0) is 0 Å². The highest BCUT2D eigenvalue weighted by molar-refractivity contribution is 5.94. The Morgan fingerprint density at radius 1 is 1.23 bits per heavy atom. The van der Waals surface area contributed by atoms with E-state index < -0.39 is 0 Å². The molecule has 0 spiro atoms. The predicted molar refractivity (Wildman–Crippen MR) is 85.2 cm³/mol. The summed E-state index contributed by atoms with van der Waals surface area (Å²) >= 11 is 0. The second-order valence-electron chi connectivity index (χ2n) is 5.37. The van der Waals surface area contributed by atoms with Crippen LogP contribution < -0.4 is 10.1 Å². The van der Waals surface area contributed by atoms with Crippen molar-refractivity contribution in [2.24, 2.45) is 0 Å². The average molecular weight is 302 g/mol. The lowest BCUT2D eigenvalue weighted by molar-refractivity contribution is 0.0939. The third-order valence-corrected chi connectivity index (χ3v) is 3.52. The molecule has 1 aromatic heterocycles. The molecule has 0 radical (unpaired) electrons. The molecule has 0 aliphatic rings. The molecular weight excluding hydrogens is 280 g/mol. The zero-order valence-corrected chi connectivity index (χ0v) is 13.4. The van der Waals surface area contributed by atoms with Crippen LogP contribution in [0.1, 0.15) is 27.9 Å². The summed E-state index contributed by atoms with van der Waals surface area (Å²) in [5.41, 5.74) is 0.605. The predicted octanol–water partition coefficient (Wildman–Crippen LogP) is 2.63. The second-order valence-corrected chi connectivity index (χ2v) is 5.37. The van der Waals surface area contributed by atoms with E-state index in [0.29, 0.717) is 12.1 Å². The van der Waals surface area contributed by atoms with Crippen LogP contribution in [0.25, 0.3) is 0 Å². The number of nitrogens with one attached hydrogen (secondary N) is 1. The molecule has 0 unspecified atom stereocenters. The van der Waals surface area contributed by atoms with E-state index in [4.69, 9.17) is 9.15 Å². The third kappa shape index (κ3) is 3.89. The highest BCUT2D eigenvalue weighted by Crippen LogP contribution is 2.20. The first kappa shape index (κ1) is 16.1. The van der Waals surface area contributed by atoms with Gasteiger partial charge in [-0.3, -0.25) is 9.69 Å². The second kappa shape index (κ2) is 7.13. The quantitative estimate of drug-likeness (QED) is 0.891. The number of amides is 1. The summed E-state index contributed by atoms with van der Waals surface area (Å²) in [6, 6.07) is 10.9. The molecule has 0 saturated carbocycles. The minimum Gasteiger partial charge on any atom is -0.497 e. The molecule has 1 atom stereocenters. The van der Waals surface area contributed by atoms with Gasteiger partial charge in [0.1, 0.15) is 17.3 Å². The van der Waals surface area contributed by atoms with Gasteiger partial charge in [0.25, 0.3) is 5.91 Å². The fraction of sp³-hybridized carbons (Fsp3) is 0.353. The smallest absolute Gasteiger partial charge is 0.251 e. The van der Waals surface area contributed by atoms with Crippen LogP contribution in [0.5, 0.6) is 5.75 Å². The first-order valence-electron chi connectivity index (χ1n) is 7.16. The molecule has 118 valence electrons. The number of rotatable bonds is 6. The number of likely N-dealkylation sites (N-methyl/N-ethyl adjacent to an activating group) is 1. The van der Waals surface area contributed by atoms with Gasteiger partial charge in [0.2, 0.25) is 0 Å². The number of methoxy groups -OCH3 is 1. The Morgan fingerprint density at radius 3 is 2.41 bits per heavy atom. The number of nitrogens with zero attached hydrogens (tertiary/aromatic N) is 1. The number of benzene rings is 1. The van der Waals surface area contributed by atoms with E-state index in [9.17, 15) is 4.79 Å². The van der Waals surface area contributed by atoms with Crippen molar-refractivity contribution in [2.45, 2.75) is 13.0 Å². The van der Waals surface area contributed by atoms with Crippen LogP contribution >= 0.6 is 0 Å². The molecule has 0 saturated heterocycles. The third-order valence-electron chi connectivity index (χ3n) is 3.52. The van der Waals surface area contributed by atoms with Crippen LogP contribution in [0.2, 0.25) is 0 Å². The molecule has 22 heavy (non-hydrogen) atoms. The van der Waals surface area contributed by atoms with Crippen LogP contribution in [0.4, 0.5) is 0 Å². The van der Waals surface area contributed by atoms with Gasteiger partial charge >= 0.3 is 0 Å². The molecule has 0 bridgehead atoms. The standard InChI is InChI=1S/C17H22N2O3/c1-12-5-10-16(22-12)15(19(2)3)11-18-17(20)13-6-8-14(21-4)9-7-13/h5-10,15H,11H2,1-4H3,(H,18,20)/t15-/m1/s1. The van der Waals surface area contributed by atoms with E-state index in [1.807, 2.05) is 38.1 Å². The number of ether oxygens (including phenoxy) is 1. The summed E-state index contributed by atoms with van der Waals surface area (Å²) in [4.78, 5) is 14.2. The van der Waals surface area contributed by atoms with Gasteiger partial charge in [0.05, 0.1) is 13.2 Å². The van der Waals surface area contributed by atoms with E-state index in [1.54, 1.807) is 31.4 Å². The van der Waals surface area contributed by atoms with Crippen molar-refractivity contribution in [3.63, 3.8) is 0 Å². The van der Waals surface area contributed by atoms with E-state index in [-0.39, 0.29) is 11.9 Å². The van der Waals surface area contributed by atoms with Crippen molar-refractivity contribution in [3.8, 4) is 5.75 Å². The van der Waals surface area contributed by atoms with Gasteiger partial charge in [-0.15, -0.1) is 0 Å². The van der Waals surface area contributed by atoms with Crippen molar-refractivity contribution < 1.29 is 13.9 Å². The highest BCUT2D eigenvalue weighted by atomic mass is 16.5. The van der Waals surface area contributed by atoms with Gasteiger partial charge in [0, 0.05) is 12.1 Å². The van der Waals surface area contributed by atoms with Crippen LogP contribution in [0.3, 0.4) is 0 Å². The monoisotopic (exact) mass is 302 g/mol. The molecule has 1 N–H and O–H groups in total. The van der Waals surface area contributed by atoms with E-state index in [1.165, 1.54) is 0 Å². The Kier molecular flexibility index (Phi) is 5.22. The summed E-state index contributed by atoms with van der Waals surface area (Å²) in [6.45, 7) is 2.39. The van der Waals surface area contributed by atoms with E-state index in [0.717, 1.165) is 17.3 Å². The molecule has 2 aromatic rings. The molecule has 1 heterocycles. The first-order valence-corrected chi connectivity index (χ1v) is 7.16. The minimum atomic E-state index is -0.113. The molecule has 1 amide bonds. The van der Waals surface area contributed by atoms with Gasteiger partial charge in [-0.2, -0.15) is 0 Å². The van der Waals surface area contributed by atoms with Crippen molar-refractivity contribution in [1.82, 2.24) is 10.2 Å². The lowest BCUT2D eigenvalue weighted by Crippen LogP contribution is -2.34. The van der Waals surface area contributed by atoms with Crippen LogP contribution in [0, 0.1) is 6.92 Å². The Labute approximate surface area is 130 Å². The fourth-order valence-corrected chi connectivity index (χ4v) is 2.20. The number of furan rings is 1. The number of hydrogen-bond acceptors (Lipinski definition) is 4. The lowest BCUT2D eigenvalue weighted by Gasteiger charge is -2.22. The lowest BCUT2D eigenvalue weighted by atomic mass is 10.1. The maximum absolute atomic E-state index is 12.2. The van der Waals surface area contributed by atoms with Gasteiger partial charge in [-0.25, -0.2) is 0 Å². The zero-order valence-electron chi connectivity index (χ0n) is 13.4. The molecule has 2 rings (SSSR count). The van der Waals surface area contributed by atoms with E-state index in [2.05, 4.69) is 5.32 Å². The zero-order chi connectivity index (χ0) is 16.1. The SMILES string of the molecule is COc1ccc(C(=O)NC[C@H](c2ccc(C)o2)N(C)C)cc1. The van der Waals surface area contributed by atoms with Gasteiger partial charge in [-0.05, 0) is 57.4 Å². The highest BCUT2D eigenvalue weighted by Gasteiger charge is 2.19. The first-order chi connectivity index (χ1) is 10.5. The Morgan fingerprint density at radius 2 is 1.91 bits per heavy atom. The van der Waals surface area contributed by atoms with Crippen LogP contribution in [0.15, 0.2) is 40.8 Å². The summed E-state index contributed by atoms with van der Waals surface area (Å²) in [6.07, 6.45) is 0. The van der Waals surface area contributed by atoms with Crippen molar-refractivity contribution in [1.29, 1.82) is 0 Å². The number of carbonyl (C=O) groups is 1. The van der Waals surface area contributed by atoms with Crippen molar-refractivity contribution >= 4 is 5.91 Å². The molecule has 5 heteroatoms. The molecule has 1 aromatic carbocycles. The summed E-state index contributed by atoms with van der Waals surface area (Å²) in [7, 11) is 5.52. The van der Waals surface area contributed by atoms with Crippen LogP contribution in [-0.4, -0.2) is 38.6 Å². The van der Waals surface area contributed by atoms with E-state index >= 15 is 0 Å². The van der Waals surface area contributed by atoms with Crippen molar-refractivity contribution in [2.75, 3.05) is 27.7 Å². The summed E-state index contributed by atoms with van der Waals surface area (Å²) < 4.78 is 10.8. The van der Waals surface area contributed by atoms with Gasteiger partial charge in [-0.1, -0.05) is 0 Å². The minimum absolute atomic E-state index is 0.00380. The number of aryl methyl sites for hydroxylation is 1. The van der Waals surface area contributed by atoms with Crippen molar-refractivity contribution in [3.05, 3.63) is 53.5 Å². The summed E-state index contributed by atoms with van der Waals surface area (Å²) in [5, 5.41) is 2.94. The maximum Gasteiger partial charge on any atom is 0.251 e. The Balaban J connectivity index is 2.01. The normalized spacial score (nSPS) is 12.2. The summed E-state index contributed by atoms with van der Waals surface area (Å²) in [5.74, 6) is 2.33. The van der Waals surface area contributed by atoms with Gasteiger partial charge in [0.15, 0.2) is 0 Å². The topological polar surface area (TPSA) is 54.7 Å². The molecule has 0 aliphatic heterocycles. The fourth-order valence-electron chi connectivity index (χ4n) is 2.20. The average Bonchev–Trinajstić information content (AvgIpc) is 2.93. The maximum atomic E-state index is 12.2. The number of hydrogen-bond donors (Lipinski definition) is 1. The molecule has 0 fully saturated rings. The Hall–Kier alpha value is -2.27. The molecular formula is C17H22N2O3. The molecule has 0 aliphatic carbocycles. The number of carbonyl (C=O) groups excluding carboxylic acids is 1.